The maximum Gasteiger partial charge on any atom is 0.191 e. The Balaban J connectivity index is 1.59. The quantitative estimate of drug-likeness (QED) is 0.570. The topological polar surface area (TPSA) is 56.9 Å². The molecule has 1 aromatic heterocycles. The first-order valence-corrected chi connectivity index (χ1v) is 9.23. The SMILES string of the molecule is Cc1ccc2[nH]c(NCC(C)NCc3ccc(Cl)c(Cl)c3)cc(=O)c2c1. The van der Waals surface area contributed by atoms with Crippen LogP contribution >= 0.6 is 23.2 Å². The smallest absolute Gasteiger partial charge is 0.191 e. The molecule has 4 nitrogen and oxygen atoms in total. The molecule has 1 heterocycles. The first kappa shape index (κ1) is 18.8. The number of aromatic nitrogens is 1. The molecule has 3 N–H and O–H groups in total. The molecule has 3 aromatic rings. The van der Waals surface area contributed by atoms with Crippen LogP contribution in [-0.2, 0) is 6.54 Å². The van der Waals surface area contributed by atoms with E-state index in [4.69, 9.17) is 23.2 Å². The summed E-state index contributed by atoms with van der Waals surface area (Å²) in [6, 6.07) is 13.2. The zero-order chi connectivity index (χ0) is 18.7. The summed E-state index contributed by atoms with van der Waals surface area (Å²) in [5.41, 5.74) is 2.99. The van der Waals surface area contributed by atoms with Crippen molar-refractivity contribution in [3.63, 3.8) is 0 Å². The van der Waals surface area contributed by atoms with Crippen molar-refractivity contribution in [2.45, 2.75) is 26.4 Å². The first-order chi connectivity index (χ1) is 12.4. The number of anilines is 1. The molecule has 6 heteroatoms. The van der Waals surface area contributed by atoms with Crippen molar-refractivity contribution in [2.24, 2.45) is 0 Å². The van der Waals surface area contributed by atoms with E-state index in [1.807, 2.05) is 37.3 Å². The van der Waals surface area contributed by atoms with Crippen molar-refractivity contribution >= 4 is 39.9 Å². The molecular weight excluding hydrogens is 369 g/mol. The van der Waals surface area contributed by atoms with E-state index < -0.39 is 0 Å². The Morgan fingerprint density at radius 2 is 1.88 bits per heavy atom. The molecule has 0 spiro atoms. The molecule has 0 saturated carbocycles. The fourth-order valence-electron chi connectivity index (χ4n) is 2.73. The Bertz CT molecular complexity index is 984. The summed E-state index contributed by atoms with van der Waals surface area (Å²) >= 11 is 12.0. The van der Waals surface area contributed by atoms with Crippen LogP contribution in [0.4, 0.5) is 5.82 Å². The van der Waals surface area contributed by atoms with Crippen LogP contribution in [0.3, 0.4) is 0 Å². The van der Waals surface area contributed by atoms with E-state index >= 15 is 0 Å². The lowest BCUT2D eigenvalue weighted by Crippen LogP contribution is -2.32. The molecule has 136 valence electrons. The fraction of sp³-hybridized carbons (Fsp3) is 0.250. The second-order valence-electron chi connectivity index (χ2n) is 6.51. The van der Waals surface area contributed by atoms with E-state index in [0.29, 0.717) is 28.5 Å². The number of hydrogen-bond donors (Lipinski definition) is 3. The van der Waals surface area contributed by atoms with Crippen molar-refractivity contribution < 1.29 is 0 Å². The van der Waals surface area contributed by atoms with Crippen LogP contribution in [0.25, 0.3) is 10.9 Å². The van der Waals surface area contributed by atoms with Gasteiger partial charge in [0.2, 0.25) is 0 Å². The average Bonchev–Trinajstić information content (AvgIpc) is 2.61. The largest absolute Gasteiger partial charge is 0.370 e. The second kappa shape index (κ2) is 8.12. The summed E-state index contributed by atoms with van der Waals surface area (Å²) in [6.07, 6.45) is 0. The highest BCUT2D eigenvalue weighted by molar-refractivity contribution is 6.42. The number of pyridine rings is 1. The van der Waals surface area contributed by atoms with Crippen LogP contribution in [0.15, 0.2) is 47.3 Å². The Morgan fingerprint density at radius 3 is 2.65 bits per heavy atom. The zero-order valence-corrected chi connectivity index (χ0v) is 16.2. The fourth-order valence-corrected chi connectivity index (χ4v) is 3.05. The predicted molar refractivity (Wildman–Crippen MR) is 111 cm³/mol. The highest BCUT2D eigenvalue weighted by atomic mass is 35.5. The lowest BCUT2D eigenvalue weighted by atomic mass is 10.1. The van der Waals surface area contributed by atoms with Gasteiger partial charge in [0.05, 0.1) is 15.6 Å². The third-order valence-corrected chi connectivity index (χ3v) is 4.96. The van der Waals surface area contributed by atoms with Gasteiger partial charge in [0, 0.05) is 30.6 Å². The summed E-state index contributed by atoms with van der Waals surface area (Å²) in [5, 5.41) is 8.52. The van der Waals surface area contributed by atoms with Gasteiger partial charge in [-0.1, -0.05) is 40.9 Å². The minimum atomic E-state index is 0.0152. The van der Waals surface area contributed by atoms with Crippen molar-refractivity contribution in [2.75, 3.05) is 11.9 Å². The number of rotatable bonds is 6. The summed E-state index contributed by atoms with van der Waals surface area (Å²) in [4.78, 5) is 15.5. The Hall–Kier alpha value is -2.01. The lowest BCUT2D eigenvalue weighted by Gasteiger charge is -2.16. The third-order valence-electron chi connectivity index (χ3n) is 4.22. The number of nitrogens with one attached hydrogen (secondary N) is 3. The summed E-state index contributed by atoms with van der Waals surface area (Å²) in [5.74, 6) is 0.717. The third kappa shape index (κ3) is 4.58. The number of benzene rings is 2. The van der Waals surface area contributed by atoms with E-state index in [0.717, 1.165) is 22.5 Å². The number of halogens is 2. The van der Waals surface area contributed by atoms with Crippen molar-refractivity contribution in [3.8, 4) is 0 Å². The number of aromatic amines is 1. The van der Waals surface area contributed by atoms with Gasteiger partial charge in [-0.2, -0.15) is 0 Å². The molecule has 0 aliphatic rings. The van der Waals surface area contributed by atoms with Gasteiger partial charge in [-0.05, 0) is 43.7 Å². The van der Waals surface area contributed by atoms with Gasteiger partial charge in [0.1, 0.15) is 5.82 Å². The minimum Gasteiger partial charge on any atom is -0.370 e. The van der Waals surface area contributed by atoms with E-state index in [-0.39, 0.29) is 11.5 Å². The molecular formula is C20H21Cl2N3O. The molecule has 0 aliphatic carbocycles. The normalized spacial score (nSPS) is 12.3. The van der Waals surface area contributed by atoms with Gasteiger partial charge in [-0.25, -0.2) is 0 Å². The molecule has 1 atom stereocenters. The molecule has 26 heavy (non-hydrogen) atoms. The van der Waals surface area contributed by atoms with Gasteiger partial charge in [0.15, 0.2) is 5.43 Å². The average molecular weight is 390 g/mol. The van der Waals surface area contributed by atoms with Crippen LogP contribution in [0, 0.1) is 6.92 Å². The lowest BCUT2D eigenvalue weighted by molar-refractivity contribution is 0.568. The molecule has 1 unspecified atom stereocenters. The predicted octanol–water partition coefficient (Wildman–Crippen LogP) is 4.73. The van der Waals surface area contributed by atoms with Crippen LogP contribution in [-0.4, -0.2) is 17.6 Å². The van der Waals surface area contributed by atoms with E-state index in [9.17, 15) is 4.79 Å². The number of hydrogen-bond acceptors (Lipinski definition) is 3. The summed E-state index contributed by atoms with van der Waals surface area (Å²) in [6.45, 7) is 5.42. The molecule has 0 radical (unpaired) electrons. The number of aryl methyl sites for hydroxylation is 1. The van der Waals surface area contributed by atoms with E-state index in [1.165, 1.54) is 0 Å². The van der Waals surface area contributed by atoms with Crippen LogP contribution in [0.2, 0.25) is 10.0 Å². The van der Waals surface area contributed by atoms with E-state index in [1.54, 1.807) is 12.1 Å². The molecule has 0 fully saturated rings. The highest BCUT2D eigenvalue weighted by Crippen LogP contribution is 2.22. The molecule has 0 bridgehead atoms. The second-order valence-corrected chi connectivity index (χ2v) is 7.32. The first-order valence-electron chi connectivity index (χ1n) is 8.47. The van der Waals surface area contributed by atoms with Crippen LogP contribution < -0.4 is 16.1 Å². The number of H-pyrrole nitrogens is 1. The van der Waals surface area contributed by atoms with Crippen molar-refractivity contribution in [3.05, 3.63) is 73.9 Å². The van der Waals surface area contributed by atoms with Gasteiger partial charge in [0.25, 0.3) is 0 Å². The van der Waals surface area contributed by atoms with Gasteiger partial charge >= 0.3 is 0 Å². The molecule has 0 amide bonds. The summed E-state index contributed by atoms with van der Waals surface area (Å²) < 4.78 is 0. The van der Waals surface area contributed by atoms with Crippen molar-refractivity contribution in [1.29, 1.82) is 0 Å². The summed E-state index contributed by atoms with van der Waals surface area (Å²) in [7, 11) is 0. The maximum absolute atomic E-state index is 12.3. The van der Waals surface area contributed by atoms with Crippen LogP contribution in [0.1, 0.15) is 18.1 Å². The van der Waals surface area contributed by atoms with Gasteiger partial charge < -0.3 is 15.6 Å². The Labute approximate surface area is 162 Å². The molecule has 0 aliphatic heterocycles. The molecule has 0 saturated heterocycles. The maximum atomic E-state index is 12.3. The Kier molecular flexibility index (Phi) is 5.87. The van der Waals surface area contributed by atoms with Gasteiger partial charge in [-0.3, -0.25) is 4.79 Å². The Morgan fingerprint density at radius 1 is 1.08 bits per heavy atom. The van der Waals surface area contributed by atoms with E-state index in [2.05, 4.69) is 22.5 Å². The highest BCUT2D eigenvalue weighted by Gasteiger charge is 2.06. The molecule has 3 rings (SSSR count). The molecule has 2 aromatic carbocycles. The van der Waals surface area contributed by atoms with Gasteiger partial charge in [-0.15, -0.1) is 0 Å². The van der Waals surface area contributed by atoms with Crippen LogP contribution in [0.5, 0.6) is 0 Å². The van der Waals surface area contributed by atoms with Crippen molar-refractivity contribution in [1.82, 2.24) is 10.3 Å². The number of fused-ring (bicyclic) bond motifs is 1. The zero-order valence-electron chi connectivity index (χ0n) is 14.7. The monoisotopic (exact) mass is 389 g/mol. The standard InChI is InChI=1S/C20H21Cl2N3O/c1-12-3-6-18-15(7-12)19(26)9-20(25-18)24-10-13(2)23-11-14-4-5-16(21)17(22)8-14/h3-9,13,23H,10-11H2,1-2H3,(H2,24,25,26). The minimum absolute atomic E-state index is 0.0152.